The number of hydrogen-bond acceptors (Lipinski definition) is 22. The van der Waals surface area contributed by atoms with Gasteiger partial charge < -0.3 is 104 Å². The molecule has 4 heterocycles. The van der Waals surface area contributed by atoms with Crippen LogP contribution in [-0.4, -0.2) is 221 Å². The van der Waals surface area contributed by atoms with Crippen LogP contribution in [0.1, 0.15) is 78.6 Å². The van der Waals surface area contributed by atoms with Crippen molar-refractivity contribution >= 4 is 5.97 Å². The lowest BCUT2D eigenvalue weighted by atomic mass is 9.41. The molecule has 0 amide bonds. The van der Waals surface area contributed by atoms with Crippen LogP contribution in [0.5, 0.6) is 0 Å². The van der Waals surface area contributed by atoms with Crippen molar-refractivity contribution < 1.29 is 109 Å². The molecule has 8 aliphatic rings. The summed E-state index contributed by atoms with van der Waals surface area (Å²) in [5.74, 6) is -0.655. The van der Waals surface area contributed by atoms with Gasteiger partial charge in [0, 0.05) is 0 Å². The second-order valence-corrected chi connectivity index (χ2v) is 20.8. The third-order valence-electron chi connectivity index (χ3n) is 17.0. The molecule has 0 aromatic rings. The maximum atomic E-state index is 14.2. The fourth-order valence-electron chi connectivity index (χ4n) is 13.4. The summed E-state index contributed by atoms with van der Waals surface area (Å²) in [6.45, 7) is 7.86. The highest BCUT2D eigenvalue weighted by Crippen LogP contribution is 2.73. The number of esters is 1. The Hall–Kier alpha value is -1.59. The van der Waals surface area contributed by atoms with Crippen LogP contribution in [0.4, 0.5) is 0 Å². The van der Waals surface area contributed by atoms with Crippen LogP contribution in [0.15, 0.2) is 12.2 Å². The van der Waals surface area contributed by atoms with E-state index in [0.29, 0.717) is 51.4 Å². The van der Waals surface area contributed by atoms with Gasteiger partial charge in [-0.25, -0.2) is 0 Å². The SMILES string of the molecule is C=C1C[C@@]23CC[C@H]4[C@@](C)(CCC[C@@]4(C)C(=O)O[C@@H]4O[C@H](CO)[C@@H](O)[C@H](O)[C@H]4O)[C@@H]2CC[C@]1(O[C@@H]1O[C@H](C)[C@@H](O)[C@H](O)[C@@H]1O[C@@H]1O[C@H](CO)[C@@H](O)[C@H](O[C@@H]2O[C@H](CO)[C@@H](O)[C@H](O)[C@H]2O)[C@H]1O)C3. The zero-order valence-corrected chi connectivity index (χ0v) is 37.4. The van der Waals surface area contributed by atoms with Crippen LogP contribution in [0.25, 0.3) is 0 Å². The van der Waals surface area contributed by atoms with E-state index in [-0.39, 0.29) is 22.7 Å². The van der Waals surface area contributed by atoms with E-state index in [9.17, 15) is 71.2 Å². The van der Waals surface area contributed by atoms with Gasteiger partial charge in [-0.15, -0.1) is 0 Å². The van der Waals surface area contributed by atoms with Crippen molar-refractivity contribution in [3.8, 4) is 0 Å². The summed E-state index contributed by atoms with van der Waals surface area (Å²) in [7, 11) is 0. The third kappa shape index (κ3) is 8.30. The van der Waals surface area contributed by atoms with Gasteiger partial charge in [0.25, 0.3) is 0 Å². The number of fused-ring (bicyclic) bond motifs is 3. The van der Waals surface area contributed by atoms with E-state index in [1.54, 1.807) is 6.92 Å². The molecule has 0 unspecified atom stereocenters. The number of carbonyl (C=O) groups excluding carboxylic acids is 1. The Labute approximate surface area is 381 Å². The van der Waals surface area contributed by atoms with E-state index < -0.39 is 160 Å². The van der Waals surface area contributed by atoms with Crippen LogP contribution in [0.2, 0.25) is 0 Å². The molecule has 0 aromatic heterocycles. The van der Waals surface area contributed by atoms with Crippen molar-refractivity contribution in [2.24, 2.45) is 28.1 Å². The van der Waals surface area contributed by atoms with Crippen molar-refractivity contribution in [2.45, 2.75) is 207 Å². The molecule has 378 valence electrons. The topological polar surface area (TPSA) is 354 Å². The minimum absolute atomic E-state index is 0.0957. The van der Waals surface area contributed by atoms with Crippen molar-refractivity contribution in [3.63, 3.8) is 0 Å². The van der Waals surface area contributed by atoms with Crippen molar-refractivity contribution in [1.82, 2.24) is 0 Å². The van der Waals surface area contributed by atoms with Gasteiger partial charge in [0.2, 0.25) is 6.29 Å². The first kappa shape index (κ1) is 50.8. The number of aliphatic hydroxyl groups is 13. The van der Waals surface area contributed by atoms with Gasteiger partial charge in [-0.05, 0) is 93.5 Å². The molecule has 2 bridgehead atoms. The Morgan fingerprint density at radius 1 is 0.606 bits per heavy atom. The zero-order valence-electron chi connectivity index (χ0n) is 37.4. The lowest BCUT2D eigenvalue weighted by molar-refractivity contribution is -0.390. The summed E-state index contributed by atoms with van der Waals surface area (Å²) in [4.78, 5) is 14.2. The van der Waals surface area contributed by atoms with Gasteiger partial charge >= 0.3 is 5.97 Å². The Morgan fingerprint density at radius 3 is 1.77 bits per heavy atom. The van der Waals surface area contributed by atoms with E-state index in [1.165, 1.54) is 0 Å². The Morgan fingerprint density at radius 2 is 1.15 bits per heavy atom. The smallest absolute Gasteiger partial charge is 0.314 e. The molecule has 26 atom stereocenters. The van der Waals surface area contributed by atoms with E-state index in [4.69, 9.17) is 37.9 Å². The van der Waals surface area contributed by atoms with Crippen LogP contribution in [0, 0.1) is 28.1 Å². The third-order valence-corrected chi connectivity index (χ3v) is 17.0. The van der Waals surface area contributed by atoms with E-state index in [0.717, 1.165) is 12.0 Å². The van der Waals surface area contributed by atoms with Crippen LogP contribution in [0.3, 0.4) is 0 Å². The van der Waals surface area contributed by atoms with Crippen molar-refractivity contribution in [1.29, 1.82) is 0 Å². The summed E-state index contributed by atoms with van der Waals surface area (Å²) >= 11 is 0. The van der Waals surface area contributed by atoms with Crippen LogP contribution in [-0.2, 0) is 42.7 Å². The van der Waals surface area contributed by atoms with E-state index in [1.807, 2.05) is 6.92 Å². The number of aliphatic hydroxyl groups excluding tert-OH is 13. The van der Waals surface area contributed by atoms with Gasteiger partial charge in [0.05, 0.1) is 36.9 Å². The summed E-state index contributed by atoms with van der Waals surface area (Å²) in [6.07, 6.45) is -26.8. The molecule has 8 fully saturated rings. The molecule has 22 heteroatoms. The highest BCUT2D eigenvalue weighted by atomic mass is 16.8. The summed E-state index contributed by atoms with van der Waals surface area (Å²) in [5.41, 5.74) is -1.91. The minimum Gasteiger partial charge on any atom is -0.432 e. The van der Waals surface area contributed by atoms with Gasteiger partial charge in [-0.1, -0.05) is 19.9 Å². The molecule has 13 N–H and O–H groups in total. The molecule has 0 aromatic carbocycles. The zero-order chi connectivity index (χ0) is 48.0. The van der Waals surface area contributed by atoms with Gasteiger partial charge in [-0.2, -0.15) is 0 Å². The Bertz CT molecular complexity index is 1740. The predicted molar refractivity (Wildman–Crippen MR) is 218 cm³/mol. The van der Waals surface area contributed by atoms with Crippen LogP contribution < -0.4 is 0 Å². The first-order valence-corrected chi connectivity index (χ1v) is 23.2. The fourth-order valence-corrected chi connectivity index (χ4v) is 13.4. The molecule has 4 aliphatic heterocycles. The predicted octanol–water partition coefficient (Wildman–Crippen LogP) is -4.09. The fraction of sp³-hybridized carbons (Fsp3) is 0.932. The molecular formula is C44H70O22. The maximum absolute atomic E-state index is 14.2. The first-order valence-electron chi connectivity index (χ1n) is 23.2. The second-order valence-electron chi connectivity index (χ2n) is 20.8. The normalized spacial score (nSPS) is 55.2. The number of rotatable bonds is 11. The summed E-state index contributed by atoms with van der Waals surface area (Å²) in [5, 5.41) is 137. The number of carbonyl (C=O) groups is 1. The van der Waals surface area contributed by atoms with Gasteiger partial charge in [-0.3, -0.25) is 4.79 Å². The molecule has 66 heavy (non-hydrogen) atoms. The molecule has 4 aliphatic carbocycles. The quantitative estimate of drug-likeness (QED) is 0.0532. The molecule has 4 saturated heterocycles. The van der Waals surface area contributed by atoms with E-state index in [2.05, 4.69) is 13.5 Å². The highest BCUT2D eigenvalue weighted by molar-refractivity contribution is 5.77. The molecule has 0 radical (unpaired) electrons. The molecule has 4 saturated carbocycles. The van der Waals surface area contributed by atoms with E-state index >= 15 is 0 Å². The largest absolute Gasteiger partial charge is 0.432 e. The lowest BCUT2D eigenvalue weighted by Gasteiger charge is -2.64. The monoisotopic (exact) mass is 950 g/mol. The highest BCUT2D eigenvalue weighted by Gasteiger charge is 2.69. The number of ether oxygens (including phenoxy) is 8. The average Bonchev–Trinajstić information content (AvgIpc) is 3.48. The first-order chi connectivity index (χ1) is 31.1. The molecule has 8 rings (SSSR count). The van der Waals surface area contributed by atoms with Gasteiger partial charge in [0.15, 0.2) is 18.9 Å². The summed E-state index contributed by atoms with van der Waals surface area (Å²) < 4.78 is 47.6. The van der Waals surface area contributed by atoms with Crippen LogP contribution >= 0.6 is 0 Å². The van der Waals surface area contributed by atoms with Crippen molar-refractivity contribution in [3.05, 3.63) is 12.2 Å². The second kappa shape index (κ2) is 18.9. The standard InChI is InChI=1S/C44H70O22/c1-17-12-43-10-6-22-41(3,8-5-9-42(22,4)40(58)65-37-32(56)29(53)26(50)20(14-46)61-37)23(43)7-11-44(17,16-43)66-39-35(30(54)24(48)18(2)59-39)64-38-33(57)34(27(51)21(15-47)62-38)63-36-31(55)28(52)25(49)19(13-45)60-36/h18-39,45-57H,1,5-16H2,2-4H3/t18-,19-,20-,21-,22+,23+,24-,25-,26-,27-,28+,29+,30+,31-,32-,33-,34+,35+,36+,37+,38+,39+,41-,42-,43-,44+/m1/s1. The minimum atomic E-state index is -1.94. The number of hydrogen-bond donors (Lipinski definition) is 13. The maximum Gasteiger partial charge on any atom is 0.314 e. The summed E-state index contributed by atoms with van der Waals surface area (Å²) in [6, 6.07) is 0. The molecular weight excluding hydrogens is 880 g/mol. The average molecular weight is 951 g/mol. The van der Waals surface area contributed by atoms with Gasteiger partial charge in [0.1, 0.15) is 91.6 Å². The molecule has 22 nitrogen and oxygen atoms in total. The van der Waals surface area contributed by atoms with Crippen molar-refractivity contribution in [2.75, 3.05) is 19.8 Å². The Kier molecular flexibility index (Phi) is 14.5. The molecule has 1 spiro atoms. The lowest BCUT2D eigenvalue weighted by Crippen LogP contribution is -2.67. The Balaban J connectivity index is 0.993.